The first-order valence-corrected chi connectivity index (χ1v) is 6.59. The maximum atomic E-state index is 11.8. The van der Waals surface area contributed by atoms with Gasteiger partial charge in [0, 0.05) is 32.3 Å². The molecule has 0 aliphatic carbocycles. The minimum Gasteiger partial charge on any atom is -0.381 e. The van der Waals surface area contributed by atoms with Crippen molar-refractivity contribution in [1.82, 2.24) is 10.2 Å². The maximum Gasteiger partial charge on any atom is 0.236 e. The fourth-order valence-electron chi connectivity index (χ4n) is 2.04. The molecule has 1 atom stereocenters. The average molecular weight is 242 g/mol. The molecule has 100 valence electrons. The summed E-state index contributed by atoms with van der Waals surface area (Å²) in [4.78, 5) is 13.6. The summed E-state index contributed by atoms with van der Waals surface area (Å²) in [7, 11) is 1.85. The van der Waals surface area contributed by atoms with Gasteiger partial charge in [0.25, 0.3) is 0 Å². The first kappa shape index (κ1) is 14.5. The van der Waals surface area contributed by atoms with Crippen molar-refractivity contribution >= 4 is 5.91 Å². The van der Waals surface area contributed by atoms with E-state index in [4.69, 9.17) is 4.74 Å². The molecule has 1 heterocycles. The predicted octanol–water partition coefficient (Wildman–Crippen LogP) is 1.26. The molecule has 1 aliphatic heterocycles. The van der Waals surface area contributed by atoms with E-state index >= 15 is 0 Å². The molecular formula is C13H26N2O2. The van der Waals surface area contributed by atoms with Gasteiger partial charge >= 0.3 is 0 Å². The highest BCUT2D eigenvalue weighted by atomic mass is 16.5. The first-order chi connectivity index (χ1) is 8.02. The molecule has 4 nitrogen and oxygen atoms in total. The minimum absolute atomic E-state index is 0.166. The molecule has 1 rings (SSSR count). The summed E-state index contributed by atoms with van der Waals surface area (Å²) in [6.45, 7) is 8.37. The molecule has 1 aliphatic rings. The van der Waals surface area contributed by atoms with Gasteiger partial charge in [0.15, 0.2) is 0 Å². The lowest BCUT2D eigenvalue weighted by molar-refractivity contribution is -0.130. The molecule has 1 N–H and O–H groups in total. The van der Waals surface area contributed by atoms with Crippen LogP contribution in [0.15, 0.2) is 0 Å². The summed E-state index contributed by atoms with van der Waals surface area (Å²) in [5.74, 6) is 0.805. The van der Waals surface area contributed by atoms with Crippen molar-refractivity contribution in [1.29, 1.82) is 0 Å². The highest BCUT2D eigenvalue weighted by molar-refractivity contribution is 5.78. The average Bonchev–Trinajstić information content (AvgIpc) is 2.35. The zero-order valence-electron chi connectivity index (χ0n) is 11.5. The van der Waals surface area contributed by atoms with Crippen LogP contribution in [-0.2, 0) is 9.53 Å². The van der Waals surface area contributed by atoms with Crippen molar-refractivity contribution in [3.63, 3.8) is 0 Å². The van der Waals surface area contributed by atoms with E-state index in [1.165, 1.54) is 0 Å². The molecule has 0 aromatic carbocycles. The van der Waals surface area contributed by atoms with E-state index in [-0.39, 0.29) is 11.9 Å². The van der Waals surface area contributed by atoms with Gasteiger partial charge in [0.2, 0.25) is 5.91 Å². The van der Waals surface area contributed by atoms with E-state index < -0.39 is 0 Å². The van der Waals surface area contributed by atoms with Crippen molar-refractivity contribution in [3.8, 4) is 0 Å². The molecule has 0 saturated carbocycles. The second-order valence-corrected chi connectivity index (χ2v) is 5.22. The van der Waals surface area contributed by atoms with E-state index in [1.807, 2.05) is 20.9 Å². The molecule has 1 unspecified atom stereocenters. The lowest BCUT2D eigenvalue weighted by Crippen LogP contribution is -2.44. The molecule has 1 amide bonds. The first-order valence-electron chi connectivity index (χ1n) is 6.59. The second kappa shape index (κ2) is 6.97. The number of likely N-dealkylation sites (N-methyl/N-ethyl adjacent to an activating group) is 1. The quantitative estimate of drug-likeness (QED) is 0.789. The third-order valence-electron chi connectivity index (χ3n) is 3.72. The molecular weight excluding hydrogens is 216 g/mol. The van der Waals surface area contributed by atoms with E-state index in [2.05, 4.69) is 12.2 Å². The Morgan fingerprint density at radius 2 is 1.94 bits per heavy atom. The summed E-state index contributed by atoms with van der Waals surface area (Å²) in [5.41, 5.74) is 0. The van der Waals surface area contributed by atoms with Crippen molar-refractivity contribution in [3.05, 3.63) is 0 Å². The number of nitrogens with one attached hydrogen (secondary N) is 1. The second-order valence-electron chi connectivity index (χ2n) is 5.22. The number of nitrogens with zero attached hydrogens (tertiary/aromatic N) is 1. The van der Waals surface area contributed by atoms with Crippen LogP contribution < -0.4 is 5.32 Å². The third kappa shape index (κ3) is 4.64. The fraction of sp³-hybridized carbons (Fsp3) is 0.923. The number of carbonyl (C=O) groups is 1. The van der Waals surface area contributed by atoms with Crippen molar-refractivity contribution < 1.29 is 9.53 Å². The Labute approximate surface area is 105 Å². The standard InChI is InChI=1S/C13H26N2O2/c1-10(2)15(4)13(16)9-14-11(3)12-5-7-17-8-6-12/h10-12,14H,5-9H2,1-4H3. The highest BCUT2D eigenvalue weighted by Crippen LogP contribution is 2.18. The van der Waals surface area contributed by atoms with Crippen LogP contribution in [-0.4, -0.2) is 49.7 Å². The van der Waals surface area contributed by atoms with Gasteiger partial charge in [0.05, 0.1) is 6.54 Å². The van der Waals surface area contributed by atoms with Gasteiger partial charge in [-0.2, -0.15) is 0 Å². The summed E-state index contributed by atoms with van der Waals surface area (Å²) in [6.07, 6.45) is 2.20. The van der Waals surface area contributed by atoms with E-state index in [9.17, 15) is 4.79 Å². The minimum atomic E-state index is 0.166. The van der Waals surface area contributed by atoms with Crippen LogP contribution >= 0.6 is 0 Å². The zero-order chi connectivity index (χ0) is 12.8. The Morgan fingerprint density at radius 1 is 1.35 bits per heavy atom. The number of amides is 1. The Balaban J connectivity index is 2.27. The molecule has 0 aromatic rings. The van der Waals surface area contributed by atoms with E-state index in [0.717, 1.165) is 26.1 Å². The molecule has 4 heteroatoms. The number of carbonyl (C=O) groups excluding carboxylic acids is 1. The highest BCUT2D eigenvalue weighted by Gasteiger charge is 2.21. The van der Waals surface area contributed by atoms with Crippen LogP contribution in [0.4, 0.5) is 0 Å². The van der Waals surface area contributed by atoms with Crippen molar-refractivity contribution in [2.45, 2.75) is 45.7 Å². The lowest BCUT2D eigenvalue weighted by atomic mass is 9.93. The topological polar surface area (TPSA) is 41.6 Å². The number of rotatable bonds is 5. The van der Waals surface area contributed by atoms with Gasteiger partial charge in [-0.15, -0.1) is 0 Å². The number of hydrogen-bond acceptors (Lipinski definition) is 3. The van der Waals surface area contributed by atoms with Gasteiger partial charge in [0.1, 0.15) is 0 Å². The third-order valence-corrected chi connectivity index (χ3v) is 3.72. The zero-order valence-corrected chi connectivity index (χ0v) is 11.5. The molecule has 0 radical (unpaired) electrons. The Hall–Kier alpha value is -0.610. The van der Waals surface area contributed by atoms with E-state index in [0.29, 0.717) is 18.5 Å². The molecule has 1 fully saturated rings. The van der Waals surface area contributed by atoms with Crippen LogP contribution in [0.25, 0.3) is 0 Å². The molecule has 0 spiro atoms. The summed E-state index contributed by atoms with van der Waals surface area (Å²) in [6, 6.07) is 0.658. The van der Waals surface area contributed by atoms with Gasteiger partial charge in [-0.25, -0.2) is 0 Å². The summed E-state index contributed by atoms with van der Waals surface area (Å²) >= 11 is 0. The molecule has 0 aromatic heterocycles. The van der Waals surface area contributed by atoms with E-state index in [1.54, 1.807) is 4.90 Å². The van der Waals surface area contributed by atoms with Crippen molar-refractivity contribution in [2.24, 2.45) is 5.92 Å². The monoisotopic (exact) mass is 242 g/mol. The normalized spacial score (nSPS) is 19.4. The van der Waals surface area contributed by atoms with Crippen LogP contribution in [0.3, 0.4) is 0 Å². The lowest BCUT2D eigenvalue weighted by Gasteiger charge is -2.29. The van der Waals surface area contributed by atoms with Gasteiger partial charge < -0.3 is 15.0 Å². The van der Waals surface area contributed by atoms with Gasteiger partial charge in [-0.3, -0.25) is 4.79 Å². The van der Waals surface area contributed by atoms with Crippen LogP contribution in [0.2, 0.25) is 0 Å². The fourth-order valence-corrected chi connectivity index (χ4v) is 2.04. The van der Waals surface area contributed by atoms with Gasteiger partial charge in [-0.05, 0) is 39.5 Å². The summed E-state index contributed by atoms with van der Waals surface area (Å²) < 4.78 is 5.34. The molecule has 0 bridgehead atoms. The largest absolute Gasteiger partial charge is 0.381 e. The summed E-state index contributed by atoms with van der Waals surface area (Å²) in [5, 5.41) is 3.34. The molecule has 1 saturated heterocycles. The van der Waals surface area contributed by atoms with Crippen LogP contribution in [0.5, 0.6) is 0 Å². The predicted molar refractivity (Wildman–Crippen MR) is 68.9 cm³/mol. The van der Waals surface area contributed by atoms with Gasteiger partial charge in [-0.1, -0.05) is 0 Å². The SMILES string of the molecule is CC(NCC(=O)N(C)C(C)C)C1CCOCC1. The Morgan fingerprint density at radius 3 is 2.47 bits per heavy atom. The number of hydrogen-bond donors (Lipinski definition) is 1. The smallest absolute Gasteiger partial charge is 0.236 e. The molecule has 17 heavy (non-hydrogen) atoms. The Kier molecular flexibility index (Phi) is 5.92. The number of ether oxygens (including phenoxy) is 1. The van der Waals surface area contributed by atoms with Crippen molar-refractivity contribution in [2.75, 3.05) is 26.8 Å². The van der Waals surface area contributed by atoms with Crippen LogP contribution in [0.1, 0.15) is 33.6 Å². The van der Waals surface area contributed by atoms with Crippen LogP contribution in [0, 0.1) is 5.92 Å². The Bertz CT molecular complexity index is 238. The maximum absolute atomic E-state index is 11.8.